The van der Waals surface area contributed by atoms with E-state index < -0.39 is 8.32 Å². The average molecular weight is 218 g/mol. The Labute approximate surface area is 87.9 Å². The van der Waals surface area contributed by atoms with Crippen LogP contribution in [-0.2, 0) is 13.9 Å². The van der Waals surface area contributed by atoms with Crippen LogP contribution in [-0.4, -0.2) is 34.4 Å². The molecule has 0 bridgehead atoms. The van der Waals surface area contributed by atoms with E-state index in [1.165, 1.54) is 12.8 Å². The summed E-state index contributed by atoms with van der Waals surface area (Å²) in [6.45, 7) is 8.77. The summed E-state index contributed by atoms with van der Waals surface area (Å²) < 4.78 is 16.7. The highest BCUT2D eigenvalue weighted by atomic mass is 28.4. The Morgan fingerprint density at radius 1 is 1.21 bits per heavy atom. The monoisotopic (exact) mass is 218 g/mol. The molecule has 1 saturated heterocycles. The zero-order valence-electron chi connectivity index (χ0n) is 9.54. The molecule has 0 radical (unpaired) electrons. The van der Waals surface area contributed by atoms with Gasteiger partial charge in [0, 0.05) is 6.61 Å². The van der Waals surface area contributed by atoms with E-state index in [9.17, 15) is 0 Å². The van der Waals surface area contributed by atoms with Gasteiger partial charge in [-0.1, -0.05) is 0 Å². The van der Waals surface area contributed by atoms with Gasteiger partial charge in [0.25, 0.3) is 0 Å². The van der Waals surface area contributed by atoms with Crippen LogP contribution in [0.3, 0.4) is 0 Å². The van der Waals surface area contributed by atoms with Crippen LogP contribution in [0.15, 0.2) is 0 Å². The van der Waals surface area contributed by atoms with E-state index in [2.05, 4.69) is 19.6 Å². The highest BCUT2D eigenvalue weighted by molar-refractivity contribution is 6.69. The van der Waals surface area contributed by atoms with Gasteiger partial charge in [0.1, 0.15) is 0 Å². The molecule has 14 heavy (non-hydrogen) atoms. The molecular formula is C10H22O3Si. The maximum absolute atomic E-state index is 5.68. The summed E-state index contributed by atoms with van der Waals surface area (Å²) >= 11 is 0. The molecule has 0 aliphatic carbocycles. The minimum atomic E-state index is -1.36. The maximum Gasteiger partial charge on any atom is 0.183 e. The third-order valence-electron chi connectivity index (χ3n) is 2.06. The average Bonchev–Trinajstić information content (AvgIpc) is 2.13. The molecule has 0 amide bonds. The largest absolute Gasteiger partial charge is 0.415 e. The molecule has 84 valence electrons. The minimum absolute atomic E-state index is 0.0222. The zero-order chi connectivity index (χ0) is 10.4. The van der Waals surface area contributed by atoms with Crippen molar-refractivity contribution >= 4 is 8.32 Å². The van der Waals surface area contributed by atoms with E-state index in [4.69, 9.17) is 13.9 Å². The van der Waals surface area contributed by atoms with E-state index in [1.54, 1.807) is 0 Å². The van der Waals surface area contributed by atoms with Crippen LogP contribution in [0, 0.1) is 0 Å². The second-order valence-electron chi connectivity index (χ2n) is 4.63. The quantitative estimate of drug-likeness (QED) is 0.524. The molecule has 0 aromatic carbocycles. The zero-order valence-corrected chi connectivity index (χ0v) is 10.5. The fourth-order valence-corrected chi connectivity index (χ4v) is 2.07. The Morgan fingerprint density at radius 3 is 2.57 bits per heavy atom. The first-order chi connectivity index (χ1) is 6.58. The molecule has 1 unspecified atom stereocenters. The van der Waals surface area contributed by atoms with Crippen molar-refractivity contribution in [2.45, 2.75) is 45.2 Å². The second kappa shape index (κ2) is 5.85. The molecule has 1 aliphatic heterocycles. The van der Waals surface area contributed by atoms with Crippen LogP contribution in [0.4, 0.5) is 0 Å². The van der Waals surface area contributed by atoms with E-state index in [0.717, 1.165) is 13.0 Å². The first-order valence-corrected chi connectivity index (χ1v) is 8.86. The predicted octanol–water partition coefficient (Wildman–Crippen LogP) is 2.38. The maximum atomic E-state index is 5.68. The standard InChI is InChI=1S/C10H22O3Si/c1-14(2,3)13-9-8-12-10-6-4-5-7-11-10/h10H,4-9H2,1-3H3. The van der Waals surface area contributed by atoms with Gasteiger partial charge in [0.05, 0.1) is 13.2 Å². The highest BCUT2D eigenvalue weighted by Gasteiger charge is 2.16. The van der Waals surface area contributed by atoms with Crippen LogP contribution in [0.5, 0.6) is 0 Å². The van der Waals surface area contributed by atoms with Crippen LogP contribution < -0.4 is 0 Å². The van der Waals surface area contributed by atoms with Gasteiger partial charge in [-0.05, 0) is 38.9 Å². The first kappa shape index (κ1) is 12.2. The van der Waals surface area contributed by atoms with Crippen molar-refractivity contribution in [3.8, 4) is 0 Å². The smallest absolute Gasteiger partial charge is 0.183 e. The summed E-state index contributed by atoms with van der Waals surface area (Å²) in [5, 5.41) is 0. The fourth-order valence-electron chi connectivity index (χ4n) is 1.37. The Morgan fingerprint density at radius 2 is 2.00 bits per heavy atom. The molecular weight excluding hydrogens is 196 g/mol. The molecule has 1 rings (SSSR count). The third kappa shape index (κ3) is 5.75. The van der Waals surface area contributed by atoms with Crippen molar-refractivity contribution in [1.82, 2.24) is 0 Å². The molecule has 3 nitrogen and oxygen atoms in total. The lowest BCUT2D eigenvalue weighted by Gasteiger charge is -2.23. The van der Waals surface area contributed by atoms with Crippen LogP contribution in [0.2, 0.25) is 19.6 Å². The molecule has 1 fully saturated rings. The Hall–Kier alpha value is 0.0969. The van der Waals surface area contributed by atoms with Gasteiger partial charge in [-0.15, -0.1) is 0 Å². The predicted molar refractivity (Wildman–Crippen MR) is 58.8 cm³/mol. The summed E-state index contributed by atoms with van der Waals surface area (Å²) in [6.07, 6.45) is 3.45. The highest BCUT2D eigenvalue weighted by Crippen LogP contribution is 2.13. The molecule has 0 saturated carbocycles. The molecule has 1 atom stereocenters. The Balaban J connectivity index is 1.97. The number of rotatable bonds is 5. The van der Waals surface area contributed by atoms with Gasteiger partial charge in [0.2, 0.25) is 0 Å². The van der Waals surface area contributed by atoms with Crippen molar-refractivity contribution in [2.75, 3.05) is 19.8 Å². The van der Waals surface area contributed by atoms with E-state index in [1.807, 2.05) is 0 Å². The Bertz CT molecular complexity index is 150. The van der Waals surface area contributed by atoms with E-state index >= 15 is 0 Å². The van der Waals surface area contributed by atoms with Gasteiger partial charge < -0.3 is 13.9 Å². The third-order valence-corrected chi connectivity index (χ3v) is 3.13. The van der Waals surface area contributed by atoms with Crippen molar-refractivity contribution < 1.29 is 13.9 Å². The van der Waals surface area contributed by atoms with Crippen molar-refractivity contribution in [2.24, 2.45) is 0 Å². The summed E-state index contributed by atoms with van der Waals surface area (Å²) in [4.78, 5) is 0. The van der Waals surface area contributed by atoms with Gasteiger partial charge >= 0.3 is 0 Å². The van der Waals surface area contributed by atoms with Gasteiger partial charge in [-0.2, -0.15) is 0 Å². The Kier molecular flexibility index (Phi) is 5.09. The van der Waals surface area contributed by atoms with Crippen molar-refractivity contribution in [1.29, 1.82) is 0 Å². The van der Waals surface area contributed by atoms with Gasteiger partial charge in [-0.25, -0.2) is 0 Å². The van der Waals surface area contributed by atoms with Crippen LogP contribution in [0.25, 0.3) is 0 Å². The van der Waals surface area contributed by atoms with Crippen molar-refractivity contribution in [3.63, 3.8) is 0 Å². The lowest BCUT2D eigenvalue weighted by atomic mass is 10.2. The molecule has 1 heterocycles. The number of ether oxygens (including phenoxy) is 2. The normalized spacial score (nSPS) is 23.8. The number of hydrogen-bond donors (Lipinski definition) is 0. The topological polar surface area (TPSA) is 27.7 Å². The van der Waals surface area contributed by atoms with E-state index in [0.29, 0.717) is 13.2 Å². The SMILES string of the molecule is C[Si](C)(C)OCCOC1CCCCO1. The molecule has 0 N–H and O–H groups in total. The summed E-state index contributed by atoms with van der Waals surface area (Å²) in [5.41, 5.74) is 0. The summed E-state index contributed by atoms with van der Waals surface area (Å²) in [7, 11) is -1.36. The van der Waals surface area contributed by atoms with Crippen LogP contribution in [0.1, 0.15) is 19.3 Å². The molecule has 0 aromatic heterocycles. The lowest BCUT2D eigenvalue weighted by molar-refractivity contribution is -0.165. The second-order valence-corrected chi connectivity index (χ2v) is 9.14. The fraction of sp³-hybridized carbons (Fsp3) is 1.00. The molecule has 4 heteroatoms. The number of hydrogen-bond acceptors (Lipinski definition) is 3. The minimum Gasteiger partial charge on any atom is -0.415 e. The van der Waals surface area contributed by atoms with Gasteiger partial charge in [-0.3, -0.25) is 0 Å². The van der Waals surface area contributed by atoms with Crippen LogP contribution >= 0.6 is 0 Å². The van der Waals surface area contributed by atoms with Crippen molar-refractivity contribution in [3.05, 3.63) is 0 Å². The lowest BCUT2D eigenvalue weighted by Crippen LogP contribution is -2.29. The van der Waals surface area contributed by atoms with Gasteiger partial charge in [0.15, 0.2) is 14.6 Å². The molecule has 1 aliphatic rings. The molecule has 0 spiro atoms. The molecule has 0 aromatic rings. The first-order valence-electron chi connectivity index (χ1n) is 5.45. The summed E-state index contributed by atoms with van der Waals surface area (Å²) in [6, 6.07) is 0. The summed E-state index contributed by atoms with van der Waals surface area (Å²) in [5.74, 6) is 0. The van der Waals surface area contributed by atoms with E-state index in [-0.39, 0.29) is 6.29 Å².